The Morgan fingerprint density at radius 2 is 1.76 bits per heavy atom. The second-order valence-electron chi connectivity index (χ2n) is 4.48. The van der Waals surface area contributed by atoms with Crippen LogP contribution in [0.2, 0.25) is 0 Å². The molecule has 1 nitrogen and oxygen atoms in total. The van der Waals surface area contributed by atoms with Crippen LogP contribution in [0.1, 0.15) is 25.3 Å². The Bertz CT molecular complexity index is 532. The van der Waals surface area contributed by atoms with E-state index in [9.17, 15) is 4.39 Å². The summed E-state index contributed by atoms with van der Waals surface area (Å²) in [5.41, 5.74) is 9.23. The van der Waals surface area contributed by atoms with E-state index in [2.05, 4.69) is 13.8 Å². The van der Waals surface area contributed by atoms with Crippen molar-refractivity contribution < 1.29 is 4.39 Å². The number of hydrogen-bond acceptors (Lipinski definition) is 1. The van der Waals surface area contributed by atoms with Gasteiger partial charge in [-0.2, -0.15) is 0 Å². The highest BCUT2D eigenvalue weighted by atomic mass is 19.1. The lowest BCUT2D eigenvalue weighted by molar-refractivity contribution is 0.631. The molecule has 0 fully saturated rings. The number of halogens is 1. The first-order valence-electron chi connectivity index (χ1n) is 5.74. The van der Waals surface area contributed by atoms with Gasteiger partial charge in [0.2, 0.25) is 0 Å². The average Bonchev–Trinajstić information content (AvgIpc) is 2.29. The van der Waals surface area contributed by atoms with Crippen molar-refractivity contribution in [3.8, 4) is 11.1 Å². The molecule has 0 saturated carbocycles. The lowest BCUT2D eigenvalue weighted by Gasteiger charge is -2.11. The maximum atomic E-state index is 13.6. The fraction of sp³-hybridized carbons (Fsp3) is 0.200. The Kier molecular flexibility index (Phi) is 3.14. The lowest BCUT2D eigenvalue weighted by Crippen LogP contribution is -1.97. The molecule has 0 unspecified atom stereocenters. The molecule has 0 aliphatic rings. The van der Waals surface area contributed by atoms with Gasteiger partial charge >= 0.3 is 0 Å². The topological polar surface area (TPSA) is 26.0 Å². The third-order valence-electron chi connectivity index (χ3n) is 2.89. The normalized spacial score (nSPS) is 10.8. The summed E-state index contributed by atoms with van der Waals surface area (Å²) >= 11 is 0. The quantitative estimate of drug-likeness (QED) is 0.767. The van der Waals surface area contributed by atoms with Crippen molar-refractivity contribution in [1.29, 1.82) is 0 Å². The summed E-state index contributed by atoms with van der Waals surface area (Å²) in [5, 5.41) is 0. The third-order valence-corrected chi connectivity index (χ3v) is 2.89. The molecule has 0 bridgehead atoms. The first kappa shape index (κ1) is 11.6. The molecule has 0 aromatic heterocycles. The van der Waals surface area contributed by atoms with Crippen LogP contribution in [-0.4, -0.2) is 0 Å². The van der Waals surface area contributed by atoms with Gasteiger partial charge in [-0.15, -0.1) is 0 Å². The molecule has 2 rings (SSSR count). The summed E-state index contributed by atoms with van der Waals surface area (Å²) in [6, 6.07) is 12.5. The highest BCUT2D eigenvalue weighted by Gasteiger charge is 2.08. The van der Waals surface area contributed by atoms with Crippen molar-refractivity contribution in [2.45, 2.75) is 19.8 Å². The van der Waals surface area contributed by atoms with Gasteiger partial charge in [-0.05, 0) is 29.2 Å². The zero-order chi connectivity index (χ0) is 12.4. The van der Waals surface area contributed by atoms with Crippen LogP contribution in [0.5, 0.6) is 0 Å². The Labute approximate surface area is 101 Å². The number of nitrogen functional groups attached to an aromatic ring is 1. The van der Waals surface area contributed by atoms with Gasteiger partial charge in [-0.1, -0.05) is 44.2 Å². The van der Waals surface area contributed by atoms with Crippen LogP contribution in [0, 0.1) is 5.82 Å². The van der Waals surface area contributed by atoms with Crippen LogP contribution in [0.4, 0.5) is 10.1 Å². The monoisotopic (exact) mass is 229 g/mol. The molecular formula is C15H16FN. The minimum absolute atomic E-state index is 0.218. The standard InChI is InChI=1S/C15H16FN/c1-10(2)12-8-7-11(9-15(12)17)13-5-3-4-6-14(13)16/h3-10H,17H2,1-2H3. The molecule has 0 atom stereocenters. The molecule has 0 heterocycles. The van der Waals surface area contributed by atoms with Gasteiger partial charge in [-0.25, -0.2) is 4.39 Å². The molecule has 0 aliphatic heterocycles. The predicted octanol–water partition coefficient (Wildman–Crippen LogP) is 4.20. The van der Waals surface area contributed by atoms with Crippen molar-refractivity contribution >= 4 is 5.69 Å². The summed E-state index contributed by atoms with van der Waals surface area (Å²) in [7, 11) is 0. The number of nitrogens with two attached hydrogens (primary N) is 1. The number of anilines is 1. The molecule has 2 heteroatoms. The molecule has 0 saturated heterocycles. The smallest absolute Gasteiger partial charge is 0.131 e. The van der Waals surface area contributed by atoms with Crippen molar-refractivity contribution in [3.05, 3.63) is 53.8 Å². The molecule has 2 aromatic carbocycles. The molecule has 0 amide bonds. The van der Waals surface area contributed by atoms with Crippen molar-refractivity contribution in [2.75, 3.05) is 5.73 Å². The largest absolute Gasteiger partial charge is 0.398 e. The van der Waals surface area contributed by atoms with Crippen molar-refractivity contribution in [1.82, 2.24) is 0 Å². The first-order valence-corrected chi connectivity index (χ1v) is 5.74. The summed E-state index contributed by atoms with van der Waals surface area (Å²) in [6.07, 6.45) is 0. The molecule has 0 spiro atoms. The zero-order valence-corrected chi connectivity index (χ0v) is 10.1. The maximum Gasteiger partial charge on any atom is 0.131 e. The van der Waals surface area contributed by atoms with Gasteiger partial charge in [0.05, 0.1) is 0 Å². The molecule has 17 heavy (non-hydrogen) atoms. The molecule has 0 radical (unpaired) electrons. The van der Waals surface area contributed by atoms with E-state index >= 15 is 0 Å². The van der Waals surface area contributed by atoms with Gasteiger partial charge in [-0.3, -0.25) is 0 Å². The fourth-order valence-corrected chi connectivity index (χ4v) is 1.96. The van der Waals surface area contributed by atoms with Crippen LogP contribution in [0.3, 0.4) is 0 Å². The Morgan fingerprint density at radius 3 is 2.35 bits per heavy atom. The van der Waals surface area contributed by atoms with E-state index in [4.69, 9.17) is 5.73 Å². The first-order chi connectivity index (χ1) is 8.09. The Balaban J connectivity index is 2.49. The van der Waals surface area contributed by atoms with E-state index in [0.29, 0.717) is 11.5 Å². The average molecular weight is 229 g/mol. The molecule has 88 valence electrons. The second-order valence-corrected chi connectivity index (χ2v) is 4.48. The van der Waals surface area contributed by atoms with E-state index in [-0.39, 0.29) is 5.82 Å². The third kappa shape index (κ3) is 2.31. The molecule has 2 N–H and O–H groups in total. The second kappa shape index (κ2) is 4.58. The van der Waals surface area contributed by atoms with Crippen LogP contribution < -0.4 is 5.73 Å². The number of benzene rings is 2. The van der Waals surface area contributed by atoms with Crippen LogP contribution in [0.15, 0.2) is 42.5 Å². The van der Waals surface area contributed by atoms with Crippen molar-refractivity contribution in [2.24, 2.45) is 0 Å². The van der Waals surface area contributed by atoms with E-state index in [1.54, 1.807) is 12.1 Å². The summed E-state index contributed by atoms with van der Waals surface area (Å²) in [5.74, 6) is 0.161. The van der Waals surface area contributed by atoms with Crippen LogP contribution >= 0.6 is 0 Å². The number of hydrogen-bond donors (Lipinski definition) is 1. The van der Waals surface area contributed by atoms with Crippen LogP contribution in [0.25, 0.3) is 11.1 Å². The van der Waals surface area contributed by atoms with Gasteiger partial charge in [0.1, 0.15) is 5.82 Å². The zero-order valence-electron chi connectivity index (χ0n) is 10.1. The maximum absolute atomic E-state index is 13.6. The minimum atomic E-state index is -0.218. The summed E-state index contributed by atoms with van der Waals surface area (Å²) in [6.45, 7) is 4.18. The van der Waals surface area contributed by atoms with Gasteiger partial charge < -0.3 is 5.73 Å². The highest BCUT2D eigenvalue weighted by molar-refractivity contribution is 5.69. The molecule has 0 aliphatic carbocycles. The van der Waals surface area contributed by atoms with E-state index in [1.807, 2.05) is 24.3 Å². The van der Waals surface area contributed by atoms with E-state index in [0.717, 1.165) is 16.8 Å². The van der Waals surface area contributed by atoms with Crippen LogP contribution in [-0.2, 0) is 0 Å². The fourth-order valence-electron chi connectivity index (χ4n) is 1.96. The Hall–Kier alpha value is -1.83. The van der Waals surface area contributed by atoms with Gasteiger partial charge in [0.15, 0.2) is 0 Å². The highest BCUT2D eigenvalue weighted by Crippen LogP contribution is 2.29. The molecular weight excluding hydrogens is 213 g/mol. The SMILES string of the molecule is CC(C)c1ccc(-c2ccccc2F)cc1N. The summed E-state index contributed by atoms with van der Waals surface area (Å²) < 4.78 is 13.6. The van der Waals surface area contributed by atoms with Gasteiger partial charge in [0.25, 0.3) is 0 Å². The van der Waals surface area contributed by atoms with Gasteiger partial charge in [0, 0.05) is 11.3 Å². The molecule has 2 aromatic rings. The number of rotatable bonds is 2. The van der Waals surface area contributed by atoms with E-state index in [1.165, 1.54) is 6.07 Å². The predicted molar refractivity (Wildman–Crippen MR) is 70.3 cm³/mol. The minimum Gasteiger partial charge on any atom is -0.398 e. The summed E-state index contributed by atoms with van der Waals surface area (Å²) in [4.78, 5) is 0. The van der Waals surface area contributed by atoms with Crippen molar-refractivity contribution in [3.63, 3.8) is 0 Å². The Morgan fingerprint density at radius 1 is 1.06 bits per heavy atom. The van der Waals surface area contributed by atoms with E-state index < -0.39 is 0 Å². The lowest BCUT2D eigenvalue weighted by atomic mass is 9.96.